The van der Waals surface area contributed by atoms with E-state index in [0.29, 0.717) is 23.2 Å². The molecule has 1 aromatic heterocycles. The molecule has 0 radical (unpaired) electrons. The minimum atomic E-state index is -0.0449. The van der Waals surface area contributed by atoms with Crippen molar-refractivity contribution in [3.05, 3.63) is 57.5 Å². The van der Waals surface area contributed by atoms with Gasteiger partial charge in [0.25, 0.3) is 5.56 Å². The maximum atomic E-state index is 12.7. The van der Waals surface area contributed by atoms with Gasteiger partial charge in [-0.2, -0.15) is 0 Å². The molecule has 1 fully saturated rings. The van der Waals surface area contributed by atoms with Crippen LogP contribution in [0.15, 0.2) is 40.3 Å². The maximum Gasteiger partial charge on any atom is 0.257 e. The molecule has 0 bridgehead atoms. The number of benzene rings is 1. The Morgan fingerprint density at radius 1 is 1.33 bits per heavy atom. The molecule has 1 aromatic carbocycles. The summed E-state index contributed by atoms with van der Waals surface area (Å²) in [6.07, 6.45) is 2.71. The van der Waals surface area contributed by atoms with E-state index in [1.807, 2.05) is 37.3 Å². The minimum Gasteiger partial charge on any atom is -0.353 e. The van der Waals surface area contributed by atoms with Gasteiger partial charge in [-0.25, -0.2) is 4.98 Å². The van der Waals surface area contributed by atoms with E-state index in [0.717, 1.165) is 24.1 Å². The molecular formula is C18H21N3O2S. The van der Waals surface area contributed by atoms with Crippen LogP contribution in [-0.4, -0.2) is 27.3 Å². The van der Waals surface area contributed by atoms with Crippen molar-refractivity contribution in [3.8, 4) is 0 Å². The third-order valence-corrected chi connectivity index (χ3v) is 5.08. The quantitative estimate of drug-likeness (QED) is 0.644. The lowest BCUT2D eigenvalue weighted by molar-refractivity contribution is -0.118. The second-order valence-electron chi connectivity index (χ2n) is 6.12. The van der Waals surface area contributed by atoms with Crippen molar-refractivity contribution in [1.82, 2.24) is 14.9 Å². The van der Waals surface area contributed by atoms with Gasteiger partial charge in [-0.05, 0) is 25.3 Å². The Kier molecular flexibility index (Phi) is 5.04. The van der Waals surface area contributed by atoms with Gasteiger partial charge in [-0.3, -0.25) is 14.2 Å². The van der Waals surface area contributed by atoms with Crippen LogP contribution in [-0.2, 0) is 18.3 Å². The average Bonchev–Trinajstić information content (AvgIpc) is 3.38. The van der Waals surface area contributed by atoms with Crippen LogP contribution in [0.2, 0.25) is 0 Å². The summed E-state index contributed by atoms with van der Waals surface area (Å²) < 4.78 is 1.54. The van der Waals surface area contributed by atoms with Crippen LogP contribution in [0, 0.1) is 6.92 Å². The number of amides is 1. The van der Waals surface area contributed by atoms with Crippen LogP contribution in [0.25, 0.3) is 0 Å². The van der Waals surface area contributed by atoms with E-state index in [4.69, 9.17) is 0 Å². The van der Waals surface area contributed by atoms with Crippen LogP contribution in [0.1, 0.15) is 29.7 Å². The summed E-state index contributed by atoms with van der Waals surface area (Å²) in [7, 11) is 1.71. The van der Waals surface area contributed by atoms with Crippen molar-refractivity contribution in [2.24, 2.45) is 7.05 Å². The molecule has 0 aliphatic heterocycles. The molecule has 0 saturated heterocycles. The summed E-state index contributed by atoms with van der Waals surface area (Å²) in [5.41, 5.74) is 2.47. The summed E-state index contributed by atoms with van der Waals surface area (Å²) in [5, 5.41) is 3.53. The first-order valence-electron chi connectivity index (χ1n) is 8.07. The van der Waals surface area contributed by atoms with Crippen molar-refractivity contribution >= 4 is 17.7 Å². The summed E-state index contributed by atoms with van der Waals surface area (Å²) in [6, 6.07) is 10.2. The fourth-order valence-electron chi connectivity index (χ4n) is 2.49. The number of thioether (sulfide) groups is 1. The Balaban J connectivity index is 1.75. The number of hydrogen-bond acceptors (Lipinski definition) is 4. The lowest BCUT2D eigenvalue weighted by atomic mass is 10.1. The molecule has 0 spiro atoms. The topological polar surface area (TPSA) is 64.0 Å². The number of carbonyl (C=O) groups excluding carboxylic acids is 1. The van der Waals surface area contributed by atoms with E-state index in [2.05, 4.69) is 10.3 Å². The predicted octanol–water partition coefficient (Wildman–Crippen LogP) is 2.05. The van der Waals surface area contributed by atoms with E-state index >= 15 is 0 Å². The zero-order valence-electron chi connectivity index (χ0n) is 13.9. The zero-order valence-corrected chi connectivity index (χ0v) is 14.7. The van der Waals surface area contributed by atoms with Crippen LogP contribution in [0.4, 0.5) is 0 Å². The highest BCUT2D eigenvalue weighted by molar-refractivity contribution is 7.99. The summed E-state index contributed by atoms with van der Waals surface area (Å²) in [6.45, 7) is 1.86. The van der Waals surface area contributed by atoms with Crippen LogP contribution in [0.5, 0.6) is 0 Å². The molecule has 0 atom stereocenters. The number of hydrogen-bond donors (Lipinski definition) is 1. The Morgan fingerprint density at radius 2 is 2.04 bits per heavy atom. The standard InChI is InChI=1S/C18H21N3O2S/c1-12-15(10-13-6-4-3-5-7-13)17(23)21(2)18(19-12)24-11-16(22)20-14-8-9-14/h3-7,14H,8-11H2,1-2H3,(H,20,22). The molecule has 6 heteroatoms. The number of rotatable bonds is 6. The Morgan fingerprint density at radius 3 is 2.71 bits per heavy atom. The zero-order chi connectivity index (χ0) is 17.1. The van der Waals surface area contributed by atoms with Gasteiger partial charge >= 0.3 is 0 Å². The second kappa shape index (κ2) is 7.21. The molecule has 126 valence electrons. The fraction of sp³-hybridized carbons (Fsp3) is 0.389. The smallest absolute Gasteiger partial charge is 0.257 e. The van der Waals surface area contributed by atoms with Crippen molar-refractivity contribution in [2.45, 2.75) is 37.4 Å². The van der Waals surface area contributed by atoms with Crippen LogP contribution in [0.3, 0.4) is 0 Å². The highest BCUT2D eigenvalue weighted by Crippen LogP contribution is 2.20. The fourth-order valence-corrected chi connectivity index (χ4v) is 3.31. The molecule has 1 heterocycles. The Bertz CT molecular complexity index is 798. The van der Waals surface area contributed by atoms with Crippen LogP contribution < -0.4 is 10.9 Å². The summed E-state index contributed by atoms with van der Waals surface area (Å²) in [5.74, 6) is 0.289. The molecule has 1 N–H and O–H groups in total. The third kappa shape index (κ3) is 4.06. The van der Waals surface area contributed by atoms with Gasteiger partial charge in [-0.1, -0.05) is 42.1 Å². The van der Waals surface area contributed by atoms with Gasteiger partial charge in [0.2, 0.25) is 5.91 Å². The summed E-state index contributed by atoms with van der Waals surface area (Å²) >= 11 is 1.31. The molecule has 24 heavy (non-hydrogen) atoms. The van der Waals surface area contributed by atoms with Crippen LogP contribution >= 0.6 is 11.8 Å². The maximum absolute atomic E-state index is 12.7. The van der Waals surface area contributed by atoms with Gasteiger partial charge < -0.3 is 5.32 Å². The molecule has 1 amide bonds. The second-order valence-corrected chi connectivity index (χ2v) is 7.06. The van der Waals surface area contributed by atoms with E-state index < -0.39 is 0 Å². The van der Waals surface area contributed by atoms with E-state index in [9.17, 15) is 9.59 Å². The van der Waals surface area contributed by atoms with Gasteiger partial charge in [0.1, 0.15) is 0 Å². The lowest BCUT2D eigenvalue weighted by Gasteiger charge is -2.12. The number of nitrogens with zero attached hydrogens (tertiary/aromatic N) is 2. The average molecular weight is 343 g/mol. The summed E-state index contributed by atoms with van der Waals surface area (Å²) in [4.78, 5) is 29.0. The third-order valence-electron chi connectivity index (χ3n) is 4.05. The normalized spacial score (nSPS) is 13.8. The molecule has 3 rings (SSSR count). The number of aryl methyl sites for hydroxylation is 1. The van der Waals surface area contributed by atoms with E-state index in [1.54, 1.807) is 11.6 Å². The molecule has 1 aliphatic carbocycles. The van der Waals surface area contributed by atoms with Gasteiger partial charge in [0.15, 0.2) is 5.16 Å². The molecular weight excluding hydrogens is 322 g/mol. The van der Waals surface area contributed by atoms with Crippen molar-refractivity contribution in [3.63, 3.8) is 0 Å². The van der Waals surface area contributed by atoms with Crippen molar-refractivity contribution in [2.75, 3.05) is 5.75 Å². The van der Waals surface area contributed by atoms with E-state index in [1.165, 1.54) is 11.8 Å². The van der Waals surface area contributed by atoms with Gasteiger partial charge in [0, 0.05) is 30.8 Å². The SMILES string of the molecule is Cc1nc(SCC(=O)NC2CC2)n(C)c(=O)c1Cc1ccccc1. The first-order valence-corrected chi connectivity index (χ1v) is 9.05. The van der Waals surface area contributed by atoms with Crippen molar-refractivity contribution < 1.29 is 4.79 Å². The first kappa shape index (κ1) is 16.8. The van der Waals surface area contributed by atoms with E-state index in [-0.39, 0.29) is 17.2 Å². The molecule has 0 unspecified atom stereocenters. The first-order chi connectivity index (χ1) is 11.5. The Labute approximate surface area is 145 Å². The minimum absolute atomic E-state index is 0.00256. The number of carbonyl (C=O) groups is 1. The van der Waals surface area contributed by atoms with Gasteiger partial charge in [-0.15, -0.1) is 0 Å². The lowest BCUT2D eigenvalue weighted by Crippen LogP contribution is -2.29. The molecule has 1 saturated carbocycles. The Hall–Kier alpha value is -2.08. The molecule has 2 aromatic rings. The number of nitrogens with one attached hydrogen (secondary N) is 1. The van der Waals surface area contributed by atoms with Crippen molar-refractivity contribution in [1.29, 1.82) is 0 Å². The monoisotopic (exact) mass is 343 g/mol. The highest BCUT2D eigenvalue weighted by atomic mass is 32.2. The predicted molar refractivity (Wildman–Crippen MR) is 95.4 cm³/mol. The molecule has 5 nitrogen and oxygen atoms in total. The number of aromatic nitrogens is 2. The highest BCUT2D eigenvalue weighted by Gasteiger charge is 2.23. The largest absolute Gasteiger partial charge is 0.353 e. The van der Waals surface area contributed by atoms with Gasteiger partial charge in [0.05, 0.1) is 5.75 Å². The molecule has 1 aliphatic rings.